The zero-order chi connectivity index (χ0) is 42.6. The van der Waals surface area contributed by atoms with Gasteiger partial charge in [0.05, 0.1) is 23.9 Å². The van der Waals surface area contributed by atoms with Gasteiger partial charge in [-0.15, -0.1) is 0 Å². The van der Waals surface area contributed by atoms with Crippen LogP contribution in [0.3, 0.4) is 0 Å². The van der Waals surface area contributed by atoms with Crippen molar-refractivity contribution in [3.63, 3.8) is 0 Å². The summed E-state index contributed by atoms with van der Waals surface area (Å²) in [7, 11) is 0. The maximum absolute atomic E-state index is 10.1. The Morgan fingerprint density at radius 2 is 0.281 bits per heavy atom. The van der Waals surface area contributed by atoms with Gasteiger partial charge >= 0.3 is 355 Å². The fourth-order valence-corrected chi connectivity index (χ4v) is 2.74. The van der Waals surface area contributed by atoms with Crippen molar-refractivity contribution >= 4 is 71.6 Å². The third kappa shape index (κ3) is 61.8. The van der Waals surface area contributed by atoms with Crippen molar-refractivity contribution in [3.8, 4) is 0 Å². The van der Waals surface area contributed by atoms with Crippen molar-refractivity contribution in [3.05, 3.63) is 0 Å². The molecule has 28 nitrogen and oxygen atoms in total. The molecule has 4 N–H and O–H groups in total. The van der Waals surface area contributed by atoms with Crippen LogP contribution >= 0.6 is 0 Å². The smallest absolute Gasteiger partial charge is 0.550 e. The Kier molecular flexibility index (Phi) is 103. The minimum atomic E-state index is -2.97. The predicted octanol–water partition coefficient (Wildman–Crippen LogP) is -57.0. The third-order valence-electron chi connectivity index (χ3n) is 5.01. The summed E-state index contributed by atoms with van der Waals surface area (Å²) in [6.07, 6.45) is -10.9. The normalized spacial score (nSPS) is 8.81. The summed E-state index contributed by atoms with van der Waals surface area (Å²) in [6.45, 7) is 0. The van der Waals surface area contributed by atoms with Crippen LogP contribution in [-0.2, 0) is 57.5 Å². The van der Waals surface area contributed by atoms with Crippen LogP contribution in [0.4, 0.5) is 0 Å². The molecule has 0 aromatic heterocycles. The number of hydrogen-bond donors (Lipinski definition) is 4. The first-order valence-corrected chi connectivity index (χ1v) is 12.5. The number of carboxylic acid groups (broad SMARTS) is 12. The van der Waals surface area contributed by atoms with Gasteiger partial charge in [-0.05, 0) is 0 Å². The van der Waals surface area contributed by atoms with Crippen molar-refractivity contribution in [2.45, 2.75) is 73.8 Å². The fraction of sp³-hybridized carbons (Fsp3) is 0.500. The van der Waals surface area contributed by atoms with Crippen LogP contribution in [0.15, 0.2) is 0 Å². The van der Waals surface area contributed by atoms with Crippen molar-refractivity contribution in [2.75, 3.05) is 0 Å². The first-order valence-electron chi connectivity index (χ1n) is 12.5. The van der Waals surface area contributed by atoms with E-state index in [4.69, 9.17) is 20.4 Å². The van der Waals surface area contributed by atoms with E-state index in [-0.39, 0.29) is 355 Å². The Bertz CT molecular complexity index is 1160. The van der Waals surface area contributed by atoms with E-state index in [1.54, 1.807) is 0 Å². The molecule has 0 aromatic rings. The van der Waals surface area contributed by atoms with Crippen LogP contribution in [0.2, 0.25) is 0 Å². The van der Waals surface area contributed by atoms with Crippen LogP contribution in [0.25, 0.3) is 0 Å². The van der Waals surface area contributed by atoms with Gasteiger partial charge in [0.1, 0.15) is 22.4 Å². The fourth-order valence-electron chi connectivity index (χ4n) is 2.74. The molecule has 64 heavy (non-hydrogen) atoms. The van der Waals surface area contributed by atoms with E-state index >= 15 is 0 Å². The first kappa shape index (κ1) is 114. The average Bonchev–Trinajstić information content (AvgIpc) is 2.85. The second kappa shape index (κ2) is 57.8. The van der Waals surface area contributed by atoms with E-state index in [0.29, 0.717) is 0 Å². The van der Waals surface area contributed by atoms with Gasteiger partial charge in [-0.3, -0.25) is 0 Å². The molecule has 0 atom stereocenters. The summed E-state index contributed by atoms with van der Waals surface area (Å²) in [4.78, 5) is 120. The molecule has 0 aliphatic rings. The Morgan fingerprint density at radius 3 is 0.312 bits per heavy atom. The van der Waals surface area contributed by atoms with Crippen molar-refractivity contribution in [1.29, 1.82) is 0 Å². The van der Waals surface area contributed by atoms with E-state index in [1.807, 2.05) is 0 Å². The zero-order valence-electron chi connectivity index (χ0n) is 37.2. The monoisotopic (exact) mass is 1030 g/mol. The summed E-state index contributed by atoms with van der Waals surface area (Å²) < 4.78 is 0. The number of aliphatic hydroxyl groups is 4. The minimum absolute atomic E-state index is 0. The zero-order valence-corrected chi connectivity index (χ0v) is 61.2. The van der Waals surface area contributed by atoms with Crippen molar-refractivity contribution < 1.29 is 494 Å². The SMILES string of the molecule is O=C([O-])CC(O)(CC(=O)[O-])C(=O)[O-].O=C([O-])CC(O)(CC(=O)[O-])C(=O)[O-].O=C([O-])CC(O)(CC(=O)[O-])C(=O)[O-].O=C([O-])CC(O)(CC(=O)[O-])C(=O)[O-].[Na+].[Na+].[Na+].[Na+].[Na+].[Na+].[Na+].[Na+].[Na+].[Na+].[Na+].[Na+]. The van der Waals surface area contributed by atoms with E-state index in [2.05, 4.69) is 0 Å². The molecule has 0 heterocycles. The summed E-state index contributed by atoms with van der Waals surface area (Å²) in [5, 5.41) is 156. The molecular weight excluding hydrogens is 1010 g/mol. The van der Waals surface area contributed by atoms with E-state index in [9.17, 15) is 119 Å². The molecule has 0 aromatic carbocycles. The molecule has 0 unspecified atom stereocenters. The number of carbonyl (C=O) groups excluding carboxylic acids is 12. The number of hydrogen-bond acceptors (Lipinski definition) is 28. The van der Waals surface area contributed by atoms with Crippen LogP contribution in [-0.4, -0.2) is 114 Å². The van der Waals surface area contributed by atoms with Crippen LogP contribution in [0.5, 0.6) is 0 Å². The van der Waals surface area contributed by atoms with Crippen molar-refractivity contribution in [1.82, 2.24) is 0 Å². The molecular formula is C24H20Na12O28. The molecule has 0 radical (unpaired) electrons. The summed E-state index contributed by atoms with van der Waals surface area (Å²) in [6, 6.07) is 0. The van der Waals surface area contributed by atoms with Gasteiger partial charge in [0, 0.05) is 99.1 Å². The maximum Gasteiger partial charge on any atom is 1.00 e. The van der Waals surface area contributed by atoms with Gasteiger partial charge in [-0.25, -0.2) is 0 Å². The quantitative estimate of drug-likeness (QED) is 0.0823. The molecule has 296 valence electrons. The van der Waals surface area contributed by atoms with Gasteiger partial charge < -0.3 is 139 Å². The van der Waals surface area contributed by atoms with Gasteiger partial charge in [0.25, 0.3) is 0 Å². The topological polar surface area (TPSA) is 562 Å². The molecule has 0 aliphatic carbocycles. The predicted molar refractivity (Wildman–Crippen MR) is 117 cm³/mol. The third-order valence-corrected chi connectivity index (χ3v) is 5.01. The van der Waals surface area contributed by atoms with E-state index in [0.717, 1.165) is 0 Å². The molecule has 0 saturated heterocycles. The second-order valence-corrected chi connectivity index (χ2v) is 9.67. The van der Waals surface area contributed by atoms with Gasteiger partial charge in [-0.1, -0.05) is 0 Å². The van der Waals surface area contributed by atoms with E-state index in [1.165, 1.54) is 0 Å². The molecule has 40 heteroatoms. The summed E-state index contributed by atoms with van der Waals surface area (Å²) in [5.41, 5.74) is -11.9. The maximum atomic E-state index is 10.1. The Morgan fingerprint density at radius 1 is 0.219 bits per heavy atom. The molecule has 0 amide bonds. The summed E-state index contributed by atoms with van der Waals surface area (Å²) >= 11 is 0. The Hall–Kier alpha value is 5.48. The number of carbonyl (C=O) groups is 12. The second-order valence-electron chi connectivity index (χ2n) is 9.67. The molecule has 0 rings (SSSR count). The molecule has 0 spiro atoms. The largest absolute Gasteiger partial charge is 1.00 e. The van der Waals surface area contributed by atoms with Gasteiger partial charge in [0.15, 0.2) is 0 Å². The Labute approximate surface area is 626 Å². The van der Waals surface area contributed by atoms with Gasteiger partial charge in [0.2, 0.25) is 0 Å². The summed E-state index contributed by atoms with van der Waals surface area (Å²) in [5.74, 6) is -23.9. The standard InChI is InChI=1S/4C6H8O7.12Na/c4*7-3(8)1-6(13,5(11)12)2-4(9)10;;;;;;;;;;;;/h4*13H,1-2H2,(H,7,8)(H,9,10)(H,11,12);;;;;;;;;;;;/q;;;;12*+1/p-12. The molecule has 0 fully saturated rings. The Balaban J connectivity index is -0.0000000323. The number of rotatable bonds is 20. The molecule has 0 bridgehead atoms. The number of aliphatic carboxylic acids is 12. The first-order chi connectivity index (χ1) is 23.1. The van der Waals surface area contributed by atoms with Crippen LogP contribution in [0, 0.1) is 0 Å². The van der Waals surface area contributed by atoms with Crippen LogP contribution in [0.1, 0.15) is 51.4 Å². The van der Waals surface area contributed by atoms with Crippen molar-refractivity contribution in [2.24, 2.45) is 0 Å². The molecule has 0 saturated carbocycles. The minimum Gasteiger partial charge on any atom is -0.550 e. The average molecular weight is 1030 g/mol. The van der Waals surface area contributed by atoms with Crippen LogP contribution < -0.4 is 416 Å². The van der Waals surface area contributed by atoms with E-state index < -0.39 is 145 Å². The molecule has 0 aliphatic heterocycles. The van der Waals surface area contributed by atoms with Gasteiger partial charge in [-0.2, -0.15) is 0 Å². The number of carboxylic acids is 12.